The lowest BCUT2D eigenvalue weighted by molar-refractivity contribution is -0.118. The van der Waals surface area contributed by atoms with Crippen molar-refractivity contribution in [3.63, 3.8) is 0 Å². The van der Waals surface area contributed by atoms with Crippen LogP contribution in [0.5, 0.6) is 0 Å². The largest absolute Gasteiger partial charge is 0.274 e. The Morgan fingerprint density at radius 1 is 1.67 bits per heavy atom. The summed E-state index contributed by atoms with van der Waals surface area (Å²) in [6.45, 7) is 3.71. The van der Waals surface area contributed by atoms with Crippen molar-refractivity contribution >= 4 is 11.6 Å². The third kappa shape index (κ3) is 3.03. The number of rotatable bonds is 1. The van der Waals surface area contributed by atoms with E-state index in [0.29, 0.717) is 0 Å². The molecule has 0 heterocycles. The highest BCUT2D eigenvalue weighted by molar-refractivity contribution is 5.86. The molecule has 0 aromatic carbocycles. The Labute approximate surface area is 73.2 Å². The smallest absolute Gasteiger partial charge is 0.236 e. The normalized spacial score (nSPS) is 27.2. The van der Waals surface area contributed by atoms with Gasteiger partial charge in [0, 0.05) is 12.6 Å². The average molecular weight is 168 g/mol. The second kappa shape index (κ2) is 4.24. The van der Waals surface area contributed by atoms with Gasteiger partial charge in [-0.15, -0.1) is 0 Å². The fourth-order valence-corrected chi connectivity index (χ4v) is 1.52. The van der Waals surface area contributed by atoms with Crippen LogP contribution in [0.3, 0.4) is 0 Å². The summed E-state index contributed by atoms with van der Waals surface area (Å²) >= 11 is 0. The molecule has 12 heavy (non-hydrogen) atoms. The van der Waals surface area contributed by atoms with Crippen molar-refractivity contribution in [1.82, 2.24) is 5.43 Å². The quantitative estimate of drug-likeness (QED) is 0.595. The second-order valence-electron chi connectivity index (χ2n) is 3.55. The summed E-state index contributed by atoms with van der Waals surface area (Å²) in [5.41, 5.74) is 3.63. The maximum atomic E-state index is 10.5. The van der Waals surface area contributed by atoms with Crippen LogP contribution in [-0.2, 0) is 4.79 Å². The number of nitrogens with zero attached hydrogens (tertiary/aromatic N) is 1. The minimum atomic E-state index is -0.0827. The van der Waals surface area contributed by atoms with Crippen molar-refractivity contribution in [3.8, 4) is 0 Å². The van der Waals surface area contributed by atoms with E-state index in [4.69, 9.17) is 0 Å². The minimum Gasteiger partial charge on any atom is -0.274 e. The molecule has 0 aliphatic heterocycles. The zero-order valence-electron chi connectivity index (χ0n) is 7.76. The number of carbonyl (C=O) groups is 1. The molecule has 0 aromatic heterocycles. The zero-order valence-corrected chi connectivity index (χ0v) is 7.76. The molecule has 1 rings (SSSR count). The Balaban J connectivity index is 2.39. The molecule has 0 bridgehead atoms. The van der Waals surface area contributed by atoms with E-state index in [1.54, 1.807) is 0 Å². The van der Waals surface area contributed by atoms with E-state index in [0.717, 1.165) is 24.5 Å². The van der Waals surface area contributed by atoms with Crippen LogP contribution in [-0.4, -0.2) is 11.6 Å². The first-order valence-corrected chi connectivity index (χ1v) is 4.50. The molecule has 1 saturated carbocycles. The molecule has 1 aliphatic rings. The molecule has 1 fully saturated rings. The summed E-state index contributed by atoms with van der Waals surface area (Å²) < 4.78 is 0. The number of carbonyl (C=O) groups excluding carboxylic acids is 1. The van der Waals surface area contributed by atoms with Gasteiger partial charge in [-0.25, -0.2) is 5.43 Å². The van der Waals surface area contributed by atoms with Crippen molar-refractivity contribution in [2.45, 2.75) is 39.5 Å². The van der Waals surface area contributed by atoms with Gasteiger partial charge in [-0.05, 0) is 31.6 Å². The first-order valence-electron chi connectivity index (χ1n) is 4.50. The molecular weight excluding hydrogens is 152 g/mol. The van der Waals surface area contributed by atoms with Crippen LogP contribution in [0.15, 0.2) is 5.10 Å². The molecule has 3 heteroatoms. The van der Waals surface area contributed by atoms with Crippen LogP contribution in [0.4, 0.5) is 0 Å². The molecule has 0 radical (unpaired) electrons. The average Bonchev–Trinajstić information content (AvgIpc) is 2.01. The third-order valence-electron chi connectivity index (χ3n) is 2.12. The second-order valence-corrected chi connectivity index (χ2v) is 3.55. The van der Waals surface area contributed by atoms with Crippen LogP contribution in [0, 0.1) is 5.92 Å². The molecule has 1 amide bonds. The zero-order chi connectivity index (χ0) is 8.97. The summed E-state index contributed by atoms with van der Waals surface area (Å²) in [5.74, 6) is 0.645. The maximum Gasteiger partial charge on any atom is 0.236 e. The lowest BCUT2D eigenvalue weighted by Crippen LogP contribution is -2.19. The van der Waals surface area contributed by atoms with Gasteiger partial charge in [0.15, 0.2) is 0 Å². The highest BCUT2D eigenvalue weighted by Gasteiger charge is 2.13. The van der Waals surface area contributed by atoms with Crippen molar-refractivity contribution in [2.75, 3.05) is 0 Å². The van der Waals surface area contributed by atoms with Gasteiger partial charge in [-0.1, -0.05) is 6.92 Å². The van der Waals surface area contributed by atoms with Gasteiger partial charge in [-0.2, -0.15) is 5.10 Å². The summed E-state index contributed by atoms with van der Waals surface area (Å²) in [5, 5.41) is 4.05. The summed E-state index contributed by atoms with van der Waals surface area (Å²) in [4.78, 5) is 10.5. The Morgan fingerprint density at radius 2 is 2.42 bits per heavy atom. The van der Waals surface area contributed by atoms with Crippen LogP contribution in [0.25, 0.3) is 0 Å². The van der Waals surface area contributed by atoms with Gasteiger partial charge in [-0.3, -0.25) is 4.79 Å². The monoisotopic (exact) mass is 168 g/mol. The van der Waals surface area contributed by atoms with Crippen molar-refractivity contribution in [1.29, 1.82) is 0 Å². The fraction of sp³-hybridized carbons (Fsp3) is 0.778. The third-order valence-corrected chi connectivity index (χ3v) is 2.12. The lowest BCUT2D eigenvalue weighted by atomic mass is 9.89. The van der Waals surface area contributed by atoms with Gasteiger partial charge in [0.1, 0.15) is 0 Å². The summed E-state index contributed by atoms with van der Waals surface area (Å²) in [6, 6.07) is 0. The predicted octanol–water partition coefficient (Wildman–Crippen LogP) is 1.69. The molecule has 3 nitrogen and oxygen atoms in total. The first-order chi connectivity index (χ1) is 5.68. The standard InChI is InChI=1S/C9H16N2O/c1-7-4-3-5-9(6-7)11-10-8(2)12/h7H,3-6H2,1-2H3,(H,10,12). The SMILES string of the molecule is CC(=O)NN=C1CCCC(C)C1. The van der Waals surface area contributed by atoms with E-state index >= 15 is 0 Å². The molecule has 1 N–H and O–H groups in total. The molecule has 1 atom stereocenters. The highest BCUT2D eigenvalue weighted by Crippen LogP contribution is 2.20. The highest BCUT2D eigenvalue weighted by atomic mass is 16.2. The van der Waals surface area contributed by atoms with Crippen molar-refractivity contribution < 1.29 is 4.79 Å². The van der Waals surface area contributed by atoms with E-state index in [-0.39, 0.29) is 5.91 Å². The molecule has 0 spiro atoms. The molecule has 68 valence electrons. The molecule has 1 aliphatic carbocycles. The number of hydrogen-bond acceptors (Lipinski definition) is 2. The van der Waals surface area contributed by atoms with Gasteiger partial charge in [0.05, 0.1) is 0 Å². The van der Waals surface area contributed by atoms with E-state index in [1.165, 1.54) is 19.8 Å². The van der Waals surface area contributed by atoms with Crippen LogP contribution < -0.4 is 5.43 Å². The Bertz CT molecular complexity index is 199. The summed E-state index contributed by atoms with van der Waals surface area (Å²) in [6.07, 6.45) is 4.59. The number of amides is 1. The first kappa shape index (κ1) is 9.23. The number of nitrogens with one attached hydrogen (secondary N) is 1. The Morgan fingerprint density at radius 3 is 3.00 bits per heavy atom. The van der Waals surface area contributed by atoms with Gasteiger partial charge >= 0.3 is 0 Å². The lowest BCUT2D eigenvalue weighted by Gasteiger charge is -2.18. The molecular formula is C9H16N2O. The van der Waals surface area contributed by atoms with Crippen molar-refractivity contribution in [2.24, 2.45) is 11.0 Å². The maximum absolute atomic E-state index is 10.5. The van der Waals surface area contributed by atoms with Crippen LogP contribution in [0.1, 0.15) is 39.5 Å². The molecule has 1 unspecified atom stereocenters. The van der Waals surface area contributed by atoms with Crippen LogP contribution >= 0.6 is 0 Å². The van der Waals surface area contributed by atoms with E-state index in [2.05, 4.69) is 17.5 Å². The van der Waals surface area contributed by atoms with E-state index in [9.17, 15) is 4.79 Å². The molecule has 0 aromatic rings. The number of hydrazone groups is 1. The van der Waals surface area contributed by atoms with Crippen LogP contribution in [0.2, 0.25) is 0 Å². The predicted molar refractivity (Wildman–Crippen MR) is 48.9 cm³/mol. The molecule has 0 saturated heterocycles. The van der Waals surface area contributed by atoms with Gasteiger partial charge in [0.2, 0.25) is 5.91 Å². The topological polar surface area (TPSA) is 41.5 Å². The fourth-order valence-electron chi connectivity index (χ4n) is 1.52. The minimum absolute atomic E-state index is 0.0827. The van der Waals surface area contributed by atoms with E-state index in [1.807, 2.05) is 0 Å². The van der Waals surface area contributed by atoms with E-state index < -0.39 is 0 Å². The van der Waals surface area contributed by atoms with Gasteiger partial charge < -0.3 is 0 Å². The Hall–Kier alpha value is -0.860. The van der Waals surface area contributed by atoms with Crippen molar-refractivity contribution in [3.05, 3.63) is 0 Å². The summed E-state index contributed by atoms with van der Waals surface area (Å²) in [7, 11) is 0. The van der Waals surface area contributed by atoms with Gasteiger partial charge in [0.25, 0.3) is 0 Å². The number of hydrogen-bond donors (Lipinski definition) is 1. The Kier molecular flexibility index (Phi) is 3.26.